The number of carbonyl (C=O) groups excluding carboxylic acids is 1. The van der Waals surface area contributed by atoms with Gasteiger partial charge in [-0.3, -0.25) is 4.79 Å². The van der Waals surface area contributed by atoms with Crippen LogP contribution in [0.15, 0.2) is 34.9 Å². The van der Waals surface area contributed by atoms with Crippen LogP contribution in [0.2, 0.25) is 0 Å². The molecule has 0 aliphatic carbocycles. The van der Waals surface area contributed by atoms with Gasteiger partial charge in [-0.2, -0.15) is 0 Å². The van der Waals surface area contributed by atoms with Crippen LogP contribution >= 0.6 is 15.9 Å². The Kier molecular flexibility index (Phi) is 5.24. The Morgan fingerprint density at radius 3 is 2.73 bits per heavy atom. The number of amides is 1. The zero-order valence-corrected chi connectivity index (χ0v) is 14.1. The van der Waals surface area contributed by atoms with Gasteiger partial charge < -0.3 is 15.0 Å². The van der Waals surface area contributed by atoms with E-state index in [1.807, 2.05) is 48.9 Å². The Hall–Kier alpha value is -1.82. The molecule has 0 spiro atoms. The molecular weight excluding hydrogens is 348 g/mol. The Morgan fingerprint density at radius 1 is 1.36 bits per heavy atom. The highest BCUT2D eigenvalue weighted by Crippen LogP contribution is 2.20. The molecule has 2 aromatic rings. The third-order valence-corrected chi connectivity index (χ3v) is 4.34. The summed E-state index contributed by atoms with van der Waals surface area (Å²) in [6.45, 7) is 3.82. The molecule has 1 amide bonds. The van der Waals surface area contributed by atoms with E-state index < -0.39 is 12.0 Å². The smallest absolute Gasteiger partial charge is 0.326 e. The fourth-order valence-electron chi connectivity index (χ4n) is 2.35. The summed E-state index contributed by atoms with van der Waals surface area (Å²) in [5.41, 5.74) is 0.930. The standard InChI is InChI=1S/C16H19BrN2O3/c1-3-10(2)15(16(21)22)18-14(20)9-19-7-6-11-4-5-12(17)8-13(11)19/h4-8,10,15H,3,9H2,1-2H3,(H,18,20)(H,21,22)/t10-,15+/m1/s1. The van der Waals surface area contributed by atoms with Gasteiger partial charge in [0.05, 0.1) is 0 Å². The van der Waals surface area contributed by atoms with E-state index in [2.05, 4.69) is 21.2 Å². The number of carboxylic acids is 1. The first-order chi connectivity index (χ1) is 10.4. The minimum absolute atomic E-state index is 0.0974. The molecule has 2 N–H and O–H groups in total. The average molecular weight is 367 g/mol. The van der Waals surface area contributed by atoms with E-state index in [4.69, 9.17) is 0 Å². The number of rotatable bonds is 6. The highest BCUT2D eigenvalue weighted by Gasteiger charge is 2.25. The number of aliphatic carboxylic acids is 1. The number of carboxylic acid groups (broad SMARTS) is 1. The fourth-order valence-corrected chi connectivity index (χ4v) is 2.70. The summed E-state index contributed by atoms with van der Waals surface area (Å²) in [4.78, 5) is 23.4. The monoisotopic (exact) mass is 366 g/mol. The molecule has 0 radical (unpaired) electrons. The van der Waals surface area contributed by atoms with E-state index in [1.54, 1.807) is 0 Å². The van der Waals surface area contributed by atoms with E-state index >= 15 is 0 Å². The molecule has 0 bridgehead atoms. The minimum Gasteiger partial charge on any atom is -0.480 e. The van der Waals surface area contributed by atoms with Crippen molar-refractivity contribution < 1.29 is 14.7 Å². The number of carbonyl (C=O) groups is 2. The van der Waals surface area contributed by atoms with Crippen LogP contribution in [-0.2, 0) is 16.1 Å². The van der Waals surface area contributed by atoms with Gasteiger partial charge in [0, 0.05) is 16.2 Å². The van der Waals surface area contributed by atoms with Gasteiger partial charge in [-0.05, 0) is 29.5 Å². The zero-order chi connectivity index (χ0) is 16.3. The summed E-state index contributed by atoms with van der Waals surface area (Å²) in [5.74, 6) is -1.41. The Bertz CT molecular complexity index is 696. The number of aromatic nitrogens is 1. The van der Waals surface area contributed by atoms with Crippen molar-refractivity contribution in [2.24, 2.45) is 5.92 Å². The number of nitrogens with one attached hydrogen (secondary N) is 1. The first kappa shape index (κ1) is 16.5. The van der Waals surface area contributed by atoms with Crippen LogP contribution in [0, 0.1) is 5.92 Å². The summed E-state index contributed by atoms with van der Waals surface area (Å²) in [6.07, 6.45) is 2.52. The van der Waals surface area contributed by atoms with Crippen molar-refractivity contribution in [2.45, 2.75) is 32.9 Å². The van der Waals surface area contributed by atoms with Crippen LogP contribution in [0.1, 0.15) is 20.3 Å². The SMILES string of the molecule is CC[C@@H](C)[C@H](NC(=O)Cn1ccc2ccc(Br)cc21)C(=O)O. The number of halogens is 1. The maximum atomic E-state index is 12.2. The fraction of sp³-hybridized carbons (Fsp3) is 0.375. The Labute approximate surface area is 137 Å². The molecule has 0 aliphatic heterocycles. The summed E-state index contributed by atoms with van der Waals surface area (Å²) in [7, 11) is 0. The molecular formula is C16H19BrN2O3. The minimum atomic E-state index is -0.997. The highest BCUT2D eigenvalue weighted by molar-refractivity contribution is 9.10. The van der Waals surface area contributed by atoms with Crippen molar-refractivity contribution in [3.05, 3.63) is 34.9 Å². The van der Waals surface area contributed by atoms with Gasteiger partial charge in [-0.1, -0.05) is 42.3 Å². The molecule has 1 aromatic heterocycles. The van der Waals surface area contributed by atoms with Crippen molar-refractivity contribution >= 4 is 38.7 Å². The molecule has 0 fully saturated rings. The van der Waals surface area contributed by atoms with Crippen molar-refractivity contribution in [1.82, 2.24) is 9.88 Å². The van der Waals surface area contributed by atoms with Gasteiger partial charge in [-0.25, -0.2) is 4.79 Å². The van der Waals surface area contributed by atoms with E-state index in [9.17, 15) is 14.7 Å². The number of nitrogens with zero attached hydrogens (tertiary/aromatic N) is 1. The van der Waals surface area contributed by atoms with E-state index in [-0.39, 0.29) is 18.4 Å². The number of hydrogen-bond acceptors (Lipinski definition) is 2. The summed E-state index contributed by atoms with van der Waals surface area (Å²) in [5, 5.41) is 12.9. The first-order valence-corrected chi connectivity index (χ1v) is 7.98. The maximum Gasteiger partial charge on any atom is 0.326 e. The van der Waals surface area contributed by atoms with Gasteiger partial charge in [-0.15, -0.1) is 0 Å². The molecule has 5 nitrogen and oxygen atoms in total. The summed E-state index contributed by atoms with van der Waals surface area (Å²) < 4.78 is 2.74. The lowest BCUT2D eigenvalue weighted by Crippen LogP contribution is -2.46. The number of benzene rings is 1. The van der Waals surface area contributed by atoms with Gasteiger partial charge in [0.1, 0.15) is 12.6 Å². The predicted molar refractivity (Wildman–Crippen MR) is 88.7 cm³/mol. The molecule has 0 unspecified atom stereocenters. The van der Waals surface area contributed by atoms with Crippen LogP contribution < -0.4 is 5.32 Å². The lowest BCUT2D eigenvalue weighted by molar-refractivity contribution is -0.143. The zero-order valence-electron chi connectivity index (χ0n) is 12.5. The predicted octanol–water partition coefficient (Wildman–Crippen LogP) is 3.02. The maximum absolute atomic E-state index is 12.2. The van der Waals surface area contributed by atoms with Crippen molar-refractivity contribution in [3.8, 4) is 0 Å². The molecule has 22 heavy (non-hydrogen) atoms. The number of fused-ring (bicyclic) bond motifs is 1. The largest absolute Gasteiger partial charge is 0.480 e. The van der Waals surface area contributed by atoms with E-state index in [0.717, 1.165) is 15.4 Å². The number of hydrogen-bond donors (Lipinski definition) is 2. The summed E-state index contributed by atoms with van der Waals surface area (Å²) in [6, 6.07) is 6.92. The molecule has 118 valence electrons. The molecule has 0 aliphatic rings. The van der Waals surface area contributed by atoms with Crippen LogP contribution in [0.5, 0.6) is 0 Å². The third-order valence-electron chi connectivity index (χ3n) is 3.85. The molecule has 2 rings (SSSR count). The van der Waals surface area contributed by atoms with Gasteiger partial charge >= 0.3 is 5.97 Å². The molecule has 1 heterocycles. The normalized spacial score (nSPS) is 13.8. The van der Waals surface area contributed by atoms with E-state index in [0.29, 0.717) is 6.42 Å². The van der Waals surface area contributed by atoms with Crippen molar-refractivity contribution in [2.75, 3.05) is 0 Å². The van der Waals surface area contributed by atoms with Crippen molar-refractivity contribution in [1.29, 1.82) is 0 Å². The van der Waals surface area contributed by atoms with Crippen LogP contribution in [0.25, 0.3) is 10.9 Å². The second kappa shape index (κ2) is 6.96. The third kappa shape index (κ3) is 3.68. The Balaban J connectivity index is 2.13. The topological polar surface area (TPSA) is 71.3 Å². The van der Waals surface area contributed by atoms with Crippen molar-refractivity contribution in [3.63, 3.8) is 0 Å². The highest BCUT2D eigenvalue weighted by atomic mass is 79.9. The molecule has 6 heteroatoms. The van der Waals surface area contributed by atoms with Crippen LogP contribution in [0.4, 0.5) is 0 Å². The lowest BCUT2D eigenvalue weighted by Gasteiger charge is -2.20. The van der Waals surface area contributed by atoms with Crippen LogP contribution in [-0.4, -0.2) is 27.6 Å². The van der Waals surface area contributed by atoms with Gasteiger partial charge in [0.15, 0.2) is 0 Å². The quantitative estimate of drug-likeness (QED) is 0.825. The second-order valence-corrected chi connectivity index (χ2v) is 6.33. The van der Waals surface area contributed by atoms with E-state index in [1.165, 1.54) is 0 Å². The average Bonchev–Trinajstić information content (AvgIpc) is 2.86. The Morgan fingerprint density at radius 2 is 2.09 bits per heavy atom. The van der Waals surface area contributed by atoms with Gasteiger partial charge in [0.2, 0.25) is 5.91 Å². The first-order valence-electron chi connectivity index (χ1n) is 7.19. The lowest BCUT2D eigenvalue weighted by atomic mass is 9.99. The molecule has 0 saturated heterocycles. The summed E-state index contributed by atoms with van der Waals surface area (Å²) >= 11 is 3.41. The van der Waals surface area contributed by atoms with Crippen LogP contribution in [0.3, 0.4) is 0 Å². The molecule has 0 saturated carbocycles. The van der Waals surface area contributed by atoms with Gasteiger partial charge in [0.25, 0.3) is 0 Å². The molecule has 1 aromatic carbocycles. The molecule has 2 atom stereocenters. The second-order valence-electron chi connectivity index (χ2n) is 5.42.